The highest BCUT2D eigenvalue weighted by Crippen LogP contribution is 2.16. The molecular formula is C10H19FO. The van der Waals surface area contributed by atoms with E-state index in [1.165, 1.54) is 0 Å². The molecule has 0 aliphatic heterocycles. The van der Waals surface area contributed by atoms with Crippen LogP contribution < -0.4 is 0 Å². The standard InChI is InChI=1S/C10H19FO/c1-9(6-8-11)5-4-7-10(2,3)12/h6,8-9,12H,4-5,7H2,1-3H3/b8-6+. The number of rotatable bonds is 5. The molecule has 0 amide bonds. The molecule has 0 spiro atoms. The van der Waals surface area contributed by atoms with E-state index in [-0.39, 0.29) is 5.92 Å². The predicted octanol–water partition coefficient (Wildman–Crippen LogP) is 3.05. The van der Waals surface area contributed by atoms with Crippen LogP contribution in [0.25, 0.3) is 0 Å². The Hall–Kier alpha value is -0.370. The van der Waals surface area contributed by atoms with Gasteiger partial charge in [0.15, 0.2) is 0 Å². The molecule has 0 aliphatic rings. The molecule has 0 rings (SSSR count). The maximum absolute atomic E-state index is 11.7. The molecule has 1 nitrogen and oxygen atoms in total. The van der Waals surface area contributed by atoms with Crippen molar-refractivity contribution in [2.24, 2.45) is 5.92 Å². The minimum atomic E-state index is -0.584. The van der Waals surface area contributed by atoms with Crippen LogP contribution in [0.4, 0.5) is 4.39 Å². The van der Waals surface area contributed by atoms with Gasteiger partial charge in [0.2, 0.25) is 0 Å². The average Bonchev–Trinajstić information content (AvgIpc) is 1.84. The molecular weight excluding hydrogens is 155 g/mol. The first-order valence-corrected chi connectivity index (χ1v) is 4.45. The summed E-state index contributed by atoms with van der Waals surface area (Å²) in [6.07, 6.45) is 4.79. The van der Waals surface area contributed by atoms with Gasteiger partial charge in [0.25, 0.3) is 0 Å². The smallest absolute Gasteiger partial charge is 0.0829 e. The summed E-state index contributed by atoms with van der Waals surface area (Å²) >= 11 is 0. The van der Waals surface area contributed by atoms with Crippen molar-refractivity contribution in [1.82, 2.24) is 0 Å². The minimum absolute atomic E-state index is 0.275. The SMILES string of the molecule is CC(/C=C/F)CCCC(C)(C)O. The van der Waals surface area contributed by atoms with Gasteiger partial charge in [-0.3, -0.25) is 0 Å². The molecule has 0 saturated carbocycles. The second-order valence-corrected chi connectivity index (χ2v) is 4.00. The van der Waals surface area contributed by atoms with Crippen molar-refractivity contribution in [2.45, 2.75) is 45.6 Å². The van der Waals surface area contributed by atoms with E-state index in [4.69, 9.17) is 0 Å². The van der Waals surface area contributed by atoms with Crippen LogP contribution in [0.5, 0.6) is 0 Å². The Morgan fingerprint density at radius 3 is 2.50 bits per heavy atom. The number of hydrogen-bond donors (Lipinski definition) is 1. The van der Waals surface area contributed by atoms with Crippen LogP contribution in [0, 0.1) is 5.92 Å². The molecule has 12 heavy (non-hydrogen) atoms. The van der Waals surface area contributed by atoms with Crippen LogP contribution in [0.15, 0.2) is 12.4 Å². The largest absolute Gasteiger partial charge is 0.390 e. The van der Waals surface area contributed by atoms with Gasteiger partial charge in [0.05, 0.1) is 11.9 Å². The number of aliphatic hydroxyl groups is 1. The molecule has 0 heterocycles. The second-order valence-electron chi connectivity index (χ2n) is 4.00. The van der Waals surface area contributed by atoms with Crippen molar-refractivity contribution in [3.05, 3.63) is 12.4 Å². The quantitative estimate of drug-likeness (QED) is 0.679. The highest BCUT2D eigenvalue weighted by atomic mass is 19.1. The van der Waals surface area contributed by atoms with Crippen LogP contribution in [-0.2, 0) is 0 Å². The zero-order valence-corrected chi connectivity index (χ0v) is 8.18. The van der Waals surface area contributed by atoms with Crippen LogP contribution in [0.1, 0.15) is 40.0 Å². The minimum Gasteiger partial charge on any atom is -0.390 e. The number of hydrogen-bond acceptors (Lipinski definition) is 1. The first kappa shape index (κ1) is 11.6. The lowest BCUT2D eigenvalue weighted by Gasteiger charge is -2.17. The van der Waals surface area contributed by atoms with Crippen molar-refractivity contribution in [3.8, 4) is 0 Å². The summed E-state index contributed by atoms with van der Waals surface area (Å²) < 4.78 is 11.7. The van der Waals surface area contributed by atoms with Crippen molar-refractivity contribution in [1.29, 1.82) is 0 Å². The van der Waals surface area contributed by atoms with Gasteiger partial charge >= 0.3 is 0 Å². The van der Waals surface area contributed by atoms with Crippen molar-refractivity contribution in [2.75, 3.05) is 0 Å². The zero-order chi connectivity index (χ0) is 9.61. The van der Waals surface area contributed by atoms with Gasteiger partial charge in [0, 0.05) is 0 Å². The van der Waals surface area contributed by atoms with Gasteiger partial charge in [-0.2, -0.15) is 0 Å². The van der Waals surface area contributed by atoms with Gasteiger partial charge in [-0.25, -0.2) is 4.39 Å². The van der Waals surface area contributed by atoms with Gasteiger partial charge in [-0.1, -0.05) is 19.4 Å². The Labute approximate surface area is 74.3 Å². The molecule has 2 heteroatoms. The maximum Gasteiger partial charge on any atom is 0.0829 e. The van der Waals surface area contributed by atoms with Crippen molar-refractivity contribution < 1.29 is 9.50 Å². The van der Waals surface area contributed by atoms with Crippen LogP contribution in [0.2, 0.25) is 0 Å². The summed E-state index contributed by atoms with van der Waals surface area (Å²) in [6, 6.07) is 0. The van der Waals surface area contributed by atoms with E-state index in [0.29, 0.717) is 6.33 Å². The summed E-state index contributed by atoms with van der Waals surface area (Å²) in [4.78, 5) is 0. The van der Waals surface area contributed by atoms with Gasteiger partial charge in [0.1, 0.15) is 0 Å². The molecule has 0 aliphatic carbocycles. The van der Waals surface area contributed by atoms with E-state index in [9.17, 15) is 9.50 Å². The Balaban J connectivity index is 3.43. The summed E-state index contributed by atoms with van der Waals surface area (Å²) in [7, 11) is 0. The third-order valence-corrected chi connectivity index (χ3v) is 1.85. The summed E-state index contributed by atoms with van der Waals surface area (Å²) in [5, 5.41) is 9.37. The zero-order valence-electron chi connectivity index (χ0n) is 8.18. The first-order chi connectivity index (χ1) is 5.45. The summed E-state index contributed by atoms with van der Waals surface area (Å²) in [5.41, 5.74) is -0.584. The fourth-order valence-electron chi connectivity index (χ4n) is 1.08. The second kappa shape index (κ2) is 5.31. The average molecular weight is 174 g/mol. The Bertz CT molecular complexity index is 135. The Kier molecular flexibility index (Phi) is 5.14. The van der Waals surface area contributed by atoms with Gasteiger partial charge in [-0.05, 0) is 32.6 Å². The molecule has 0 aromatic carbocycles. The normalized spacial score (nSPS) is 15.4. The third kappa shape index (κ3) is 7.73. The predicted molar refractivity (Wildman–Crippen MR) is 49.6 cm³/mol. The van der Waals surface area contributed by atoms with E-state index in [2.05, 4.69) is 0 Å². The van der Waals surface area contributed by atoms with E-state index < -0.39 is 5.60 Å². The van der Waals surface area contributed by atoms with E-state index in [1.807, 2.05) is 6.92 Å². The maximum atomic E-state index is 11.7. The summed E-state index contributed by atoms with van der Waals surface area (Å²) in [6.45, 7) is 5.56. The highest BCUT2D eigenvalue weighted by molar-refractivity contribution is 4.79. The molecule has 0 saturated heterocycles. The number of allylic oxidation sites excluding steroid dienone is 1. The van der Waals surface area contributed by atoms with Crippen molar-refractivity contribution >= 4 is 0 Å². The summed E-state index contributed by atoms with van der Waals surface area (Å²) in [5.74, 6) is 0.275. The van der Waals surface area contributed by atoms with Crippen LogP contribution >= 0.6 is 0 Å². The number of halogens is 1. The third-order valence-electron chi connectivity index (χ3n) is 1.85. The molecule has 0 aromatic heterocycles. The van der Waals surface area contributed by atoms with Gasteiger partial charge in [-0.15, -0.1) is 0 Å². The van der Waals surface area contributed by atoms with Crippen LogP contribution in [-0.4, -0.2) is 10.7 Å². The highest BCUT2D eigenvalue weighted by Gasteiger charge is 2.11. The lowest BCUT2D eigenvalue weighted by Crippen LogP contribution is -2.18. The molecule has 1 unspecified atom stereocenters. The van der Waals surface area contributed by atoms with Crippen molar-refractivity contribution in [3.63, 3.8) is 0 Å². The lowest BCUT2D eigenvalue weighted by atomic mass is 9.97. The van der Waals surface area contributed by atoms with E-state index in [0.717, 1.165) is 19.3 Å². The molecule has 72 valence electrons. The first-order valence-electron chi connectivity index (χ1n) is 4.45. The molecule has 0 fully saturated rings. The Morgan fingerprint density at radius 1 is 1.50 bits per heavy atom. The molecule has 0 radical (unpaired) electrons. The fourth-order valence-corrected chi connectivity index (χ4v) is 1.08. The monoisotopic (exact) mass is 174 g/mol. The van der Waals surface area contributed by atoms with E-state index in [1.54, 1.807) is 19.9 Å². The molecule has 0 aromatic rings. The van der Waals surface area contributed by atoms with Gasteiger partial charge < -0.3 is 5.11 Å². The Morgan fingerprint density at radius 2 is 2.08 bits per heavy atom. The molecule has 1 atom stereocenters. The molecule has 0 bridgehead atoms. The topological polar surface area (TPSA) is 20.2 Å². The fraction of sp³-hybridized carbons (Fsp3) is 0.800. The van der Waals surface area contributed by atoms with Crippen LogP contribution in [0.3, 0.4) is 0 Å². The van der Waals surface area contributed by atoms with E-state index >= 15 is 0 Å². The molecule has 1 N–H and O–H groups in total. The lowest BCUT2D eigenvalue weighted by molar-refractivity contribution is 0.0675.